The van der Waals surface area contributed by atoms with E-state index in [-0.39, 0.29) is 0 Å². The highest BCUT2D eigenvalue weighted by Gasteiger charge is 2.27. The van der Waals surface area contributed by atoms with Crippen LogP contribution in [0.3, 0.4) is 0 Å². The van der Waals surface area contributed by atoms with Gasteiger partial charge in [0, 0.05) is 30.9 Å². The molecule has 2 aliphatic heterocycles. The van der Waals surface area contributed by atoms with Crippen LogP contribution in [-0.2, 0) is 11.2 Å². The van der Waals surface area contributed by atoms with Crippen LogP contribution in [0.15, 0.2) is 24.3 Å². The molecule has 0 amide bonds. The van der Waals surface area contributed by atoms with Crippen LogP contribution in [0.1, 0.15) is 18.9 Å². The van der Waals surface area contributed by atoms with Crippen LogP contribution < -0.4 is 5.32 Å². The average Bonchev–Trinajstić information content (AvgIpc) is 2.81. The summed E-state index contributed by atoms with van der Waals surface area (Å²) in [6, 6.07) is 9.83. The summed E-state index contributed by atoms with van der Waals surface area (Å²) in [4.78, 5) is 2.59. The predicted octanol–water partition coefficient (Wildman–Crippen LogP) is 2.13. The van der Waals surface area contributed by atoms with Gasteiger partial charge in [0.2, 0.25) is 0 Å². The molecule has 1 aromatic rings. The number of fused-ring (bicyclic) bond motifs is 1. The Balaban J connectivity index is 1.61. The van der Waals surface area contributed by atoms with Gasteiger partial charge in [-0.2, -0.15) is 0 Å². The molecule has 3 nitrogen and oxygen atoms in total. The molecule has 0 aliphatic carbocycles. The van der Waals surface area contributed by atoms with Crippen molar-refractivity contribution >= 4 is 5.69 Å². The molecule has 98 valence electrons. The lowest BCUT2D eigenvalue weighted by Crippen LogP contribution is -2.49. The predicted molar refractivity (Wildman–Crippen MR) is 74.0 cm³/mol. The van der Waals surface area contributed by atoms with Crippen molar-refractivity contribution in [1.29, 1.82) is 0 Å². The van der Waals surface area contributed by atoms with Gasteiger partial charge in [0.15, 0.2) is 0 Å². The second kappa shape index (κ2) is 5.29. The number of anilines is 1. The third-order valence-corrected chi connectivity index (χ3v) is 4.12. The molecule has 1 fully saturated rings. The van der Waals surface area contributed by atoms with Crippen molar-refractivity contribution in [2.75, 3.05) is 31.6 Å². The molecule has 18 heavy (non-hydrogen) atoms. The first kappa shape index (κ1) is 12.0. The second-order valence-electron chi connectivity index (χ2n) is 5.33. The van der Waals surface area contributed by atoms with Crippen molar-refractivity contribution in [3.63, 3.8) is 0 Å². The SMILES string of the molecule is CCC1COCCN1CC1Cc2ccccc2N1. The third-order valence-electron chi connectivity index (χ3n) is 4.12. The maximum Gasteiger partial charge on any atom is 0.0622 e. The topological polar surface area (TPSA) is 24.5 Å². The summed E-state index contributed by atoms with van der Waals surface area (Å²) in [7, 11) is 0. The smallest absolute Gasteiger partial charge is 0.0622 e. The first-order valence-electron chi connectivity index (χ1n) is 7.03. The molecule has 0 saturated carbocycles. The van der Waals surface area contributed by atoms with Gasteiger partial charge < -0.3 is 10.1 Å². The normalized spacial score (nSPS) is 27.8. The van der Waals surface area contributed by atoms with Gasteiger partial charge in [-0.25, -0.2) is 0 Å². The minimum Gasteiger partial charge on any atom is -0.380 e. The van der Waals surface area contributed by atoms with Crippen LogP contribution in [-0.4, -0.2) is 43.3 Å². The molecule has 0 radical (unpaired) electrons. The van der Waals surface area contributed by atoms with Gasteiger partial charge in [-0.05, 0) is 24.5 Å². The molecule has 0 bridgehead atoms. The molecule has 1 saturated heterocycles. The fourth-order valence-electron chi connectivity index (χ4n) is 3.07. The second-order valence-corrected chi connectivity index (χ2v) is 5.33. The zero-order valence-corrected chi connectivity index (χ0v) is 11.1. The Kier molecular flexibility index (Phi) is 3.52. The Morgan fingerprint density at radius 3 is 3.11 bits per heavy atom. The lowest BCUT2D eigenvalue weighted by molar-refractivity contribution is -0.00989. The monoisotopic (exact) mass is 246 g/mol. The molecule has 1 aromatic carbocycles. The van der Waals surface area contributed by atoms with E-state index in [2.05, 4.69) is 41.4 Å². The first-order chi connectivity index (χ1) is 8.86. The number of nitrogens with one attached hydrogen (secondary N) is 1. The molecule has 0 aromatic heterocycles. The number of ether oxygens (including phenoxy) is 1. The first-order valence-corrected chi connectivity index (χ1v) is 7.03. The van der Waals surface area contributed by atoms with E-state index in [1.807, 2.05) is 0 Å². The van der Waals surface area contributed by atoms with Crippen molar-refractivity contribution in [3.05, 3.63) is 29.8 Å². The minimum absolute atomic E-state index is 0.564. The molecule has 0 spiro atoms. The molecule has 3 heteroatoms. The van der Waals surface area contributed by atoms with Crippen molar-refractivity contribution in [2.24, 2.45) is 0 Å². The highest BCUT2D eigenvalue weighted by molar-refractivity contribution is 5.56. The fourth-order valence-corrected chi connectivity index (χ4v) is 3.07. The summed E-state index contributed by atoms with van der Waals surface area (Å²) in [6.45, 7) is 6.25. The summed E-state index contributed by atoms with van der Waals surface area (Å²) < 4.78 is 5.57. The summed E-state index contributed by atoms with van der Waals surface area (Å²) in [5, 5.41) is 3.64. The van der Waals surface area contributed by atoms with Crippen LogP contribution >= 0.6 is 0 Å². The van der Waals surface area contributed by atoms with Gasteiger partial charge in [0.05, 0.1) is 13.2 Å². The molecule has 1 N–H and O–H groups in total. The Hall–Kier alpha value is -1.06. The number of hydrogen-bond donors (Lipinski definition) is 1. The van der Waals surface area contributed by atoms with Gasteiger partial charge in [0.1, 0.15) is 0 Å². The van der Waals surface area contributed by atoms with E-state index < -0.39 is 0 Å². The summed E-state index contributed by atoms with van der Waals surface area (Å²) in [5.41, 5.74) is 2.78. The van der Waals surface area contributed by atoms with E-state index in [1.54, 1.807) is 0 Å². The van der Waals surface area contributed by atoms with E-state index in [1.165, 1.54) is 17.7 Å². The van der Waals surface area contributed by atoms with Crippen molar-refractivity contribution in [2.45, 2.75) is 31.8 Å². The van der Waals surface area contributed by atoms with Crippen LogP contribution in [0, 0.1) is 0 Å². The van der Waals surface area contributed by atoms with Crippen molar-refractivity contribution < 1.29 is 4.74 Å². The van der Waals surface area contributed by atoms with E-state index in [9.17, 15) is 0 Å². The molecule has 2 atom stereocenters. The Morgan fingerprint density at radius 1 is 1.39 bits per heavy atom. The van der Waals surface area contributed by atoms with Gasteiger partial charge in [-0.3, -0.25) is 4.90 Å². The van der Waals surface area contributed by atoms with Gasteiger partial charge in [-0.15, -0.1) is 0 Å². The molecule has 2 unspecified atom stereocenters. The molecular formula is C15H22N2O. The Labute approximate surface area is 109 Å². The summed E-state index contributed by atoms with van der Waals surface area (Å²) >= 11 is 0. The number of nitrogens with zero attached hydrogens (tertiary/aromatic N) is 1. The average molecular weight is 246 g/mol. The minimum atomic E-state index is 0.564. The van der Waals surface area contributed by atoms with Crippen LogP contribution in [0.5, 0.6) is 0 Å². The number of rotatable bonds is 3. The van der Waals surface area contributed by atoms with Gasteiger partial charge in [-0.1, -0.05) is 25.1 Å². The van der Waals surface area contributed by atoms with Gasteiger partial charge >= 0.3 is 0 Å². The standard InChI is InChI=1S/C15H22N2O/c1-2-14-11-18-8-7-17(14)10-13-9-12-5-3-4-6-15(12)16-13/h3-6,13-14,16H,2,7-11H2,1H3. The quantitative estimate of drug-likeness (QED) is 0.884. The molecular weight excluding hydrogens is 224 g/mol. The van der Waals surface area contributed by atoms with Gasteiger partial charge in [0.25, 0.3) is 0 Å². The third kappa shape index (κ3) is 2.38. The van der Waals surface area contributed by atoms with Crippen LogP contribution in [0.2, 0.25) is 0 Å². The number of para-hydroxylation sites is 1. The lowest BCUT2D eigenvalue weighted by Gasteiger charge is -2.36. The Morgan fingerprint density at radius 2 is 2.28 bits per heavy atom. The van der Waals surface area contributed by atoms with E-state index in [4.69, 9.17) is 4.74 Å². The number of hydrogen-bond acceptors (Lipinski definition) is 3. The molecule has 2 heterocycles. The maximum atomic E-state index is 5.57. The van der Waals surface area contributed by atoms with Crippen LogP contribution in [0.4, 0.5) is 5.69 Å². The lowest BCUT2D eigenvalue weighted by atomic mass is 10.1. The fraction of sp³-hybridized carbons (Fsp3) is 0.600. The van der Waals surface area contributed by atoms with Crippen LogP contribution in [0.25, 0.3) is 0 Å². The Bertz CT molecular complexity index is 382. The zero-order chi connectivity index (χ0) is 12.4. The highest BCUT2D eigenvalue weighted by Crippen LogP contribution is 2.26. The molecule has 3 rings (SSSR count). The number of benzene rings is 1. The van der Waals surface area contributed by atoms with Crippen molar-refractivity contribution in [3.8, 4) is 0 Å². The molecule has 2 aliphatic rings. The van der Waals surface area contributed by atoms with Crippen molar-refractivity contribution in [1.82, 2.24) is 4.90 Å². The number of morpholine rings is 1. The van der Waals surface area contributed by atoms with E-state index in [0.29, 0.717) is 12.1 Å². The largest absolute Gasteiger partial charge is 0.380 e. The summed E-state index contributed by atoms with van der Waals surface area (Å²) in [5.74, 6) is 0. The zero-order valence-electron chi connectivity index (χ0n) is 11.1. The van der Waals surface area contributed by atoms with E-state index >= 15 is 0 Å². The summed E-state index contributed by atoms with van der Waals surface area (Å²) in [6.07, 6.45) is 2.34. The highest BCUT2D eigenvalue weighted by atomic mass is 16.5. The van der Waals surface area contributed by atoms with E-state index in [0.717, 1.165) is 32.7 Å². The maximum absolute atomic E-state index is 5.57.